The first-order valence-corrected chi connectivity index (χ1v) is 4.93. The molecule has 3 N–H and O–H groups in total. The SMILES string of the molecule is C#CCOC(=O)N[C@@H](C(=O)O)c1ccc(O)cc1. The highest BCUT2D eigenvalue weighted by Gasteiger charge is 2.22. The van der Waals surface area contributed by atoms with Gasteiger partial charge in [0.15, 0.2) is 12.6 Å². The Bertz CT molecular complexity index is 474. The molecule has 0 saturated heterocycles. The summed E-state index contributed by atoms with van der Waals surface area (Å²) in [7, 11) is 0. The van der Waals surface area contributed by atoms with E-state index in [2.05, 4.69) is 16.0 Å². The van der Waals surface area contributed by atoms with Crippen LogP contribution in [-0.2, 0) is 9.53 Å². The first kappa shape index (κ1) is 13.4. The molecular weight excluding hydrogens is 238 g/mol. The normalized spacial score (nSPS) is 11.1. The van der Waals surface area contributed by atoms with Crippen molar-refractivity contribution in [3.05, 3.63) is 29.8 Å². The second kappa shape index (κ2) is 6.15. The number of aromatic hydroxyl groups is 1. The van der Waals surface area contributed by atoms with Crippen LogP contribution >= 0.6 is 0 Å². The maximum atomic E-state index is 11.2. The van der Waals surface area contributed by atoms with Crippen molar-refractivity contribution in [3.63, 3.8) is 0 Å². The molecular formula is C12H11NO5. The molecule has 1 rings (SSSR count). The standard InChI is InChI=1S/C12H11NO5/c1-2-7-18-12(17)13-10(11(15)16)8-3-5-9(14)6-4-8/h1,3-6,10,14H,7H2,(H,13,17)(H,15,16)/t10-/m1/s1. The molecule has 0 aliphatic heterocycles. The van der Waals surface area contributed by atoms with Gasteiger partial charge in [-0.2, -0.15) is 0 Å². The number of alkyl carbamates (subject to hydrolysis) is 1. The van der Waals surface area contributed by atoms with E-state index in [1.54, 1.807) is 0 Å². The van der Waals surface area contributed by atoms with Crippen molar-refractivity contribution < 1.29 is 24.5 Å². The Balaban J connectivity index is 2.78. The van der Waals surface area contributed by atoms with Crippen molar-refractivity contribution in [2.45, 2.75) is 6.04 Å². The topological polar surface area (TPSA) is 95.9 Å². The minimum absolute atomic E-state index is 0.00204. The van der Waals surface area contributed by atoms with Gasteiger partial charge in [0.2, 0.25) is 0 Å². The number of terminal acetylenes is 1. The minimum atomic E-state index is -1.27. The molecule has 1 aromatic rings. The van der Waals surface area contributed by atoms with E-state index >= 15 is 0 Å². The number of hydrogen-bond donors (Lipinski definition) is 3. The number of carboxylic acids is 1. The molecule has 0 unspecified atom stereocenters. The highest BCUT2D eigenvalue weighted by molar-refractivity contribution is 5.81. The lowest BCUT2D eigenvalue weighted by atomic mass is 10.1. The summed E-state index contributed by atoms with van der Waals surface area (Å²) in [6, 6.07) is 4.14. The summed E-state index contributed by atoms with van der Waals surface area (Å²) in [5.41, 5.74) is 0.304. The Morgan fingerprint density at radius 3 is 2.50 bits per heavy atom. The van der Waals surface area contributed by atoms with E-state index in [4.69, 9.17) is 16.6 Å². The van der Waals surface area contributed by atoms with Crippen LogP contribution in [0.3, 0.4) is 0 Å². The zero-order valence-electron chi connectivity index (χ0n) is 9.29. The molecule has 1 aromatic carbocycles. The minimum Gasteiger partial charge on any atom is -0.508 e. The molecule has 0 heterocycles. The van der Waals surface area contributed by atoms with Crippen LogP contribution in [0, 0.1) is 12.3 Å². The number of phenolic OH excluding ortho intramolecular Hbond substituents is 1. The van der Waals surface area contributed by atoms with Gasteiger partial charge in [0.1, 0.15) is 5.75 Å². The number of benzene rings is 1. The van der Waals surface area contributed by atoms with Crippen molar-refractivity contribution in [2.24, 2.45) is 0 Å². The van der Waals surface area contributed by atoms with Crippen LogP contribution in [0.2, 0.25) is 0 Å². The molecule has 0 radical (unpaired) electrons. The maximum absolute atomic E-state index is 11.2. The third kappa shape index (κ3) is 3.72. The molecule has 0 aliphatic carbocycles. The fourth-order valence-electron chi connectivity index (χ4n) is 1.22. The summed E-state index contributed by atoms with van der Waals surface area (Å²) in [4.78, 5) is 22.2. The van der Waals surface area contributed by atoms with Crippen LogP contribution in [0.15, 0.2) is 24.3 Å². The third-order valence-electron chi connectivity index (χ3n) is 2.02. The number of hydrogen-bond acceptors (Lipinski definition) is 4. The number of amides is 1. The van der Waals surface area contributed by atoms with Gasteiger partial charge < -0.3 is 20.3 Å². The molecule has 0 bridgehead atoms. The Morgan fingerprint density at radius 2 is 2.00 bits per heavy atom. The highest BCUT2D eigenvalue weighted by Crippen LogP contribution is 2.17. The van der Waals surface area contributed by atoms with Gasteiger partial charge in [-0.1, -0.05) is 18.1 Å². The van der Waals surface area contributed by atoms with E-state index in [9.17, 15) is 9.59 Å². The van der Waals surface area contributed by atoms with E-state index in [-0.39, 0.29) is 12.4 Å². The molecule has 0 spiro atoms. The number of carboxylic acid groups (broad SMARTS) is 1. The van der Waals surface area contributed by atoms with E-state index in [0.29, 0.717) is 5.56 Å². The zero-order valence-corrected chi connectivity index (χ0v) is 9.29. The summed E-state index contributed by atoms with van der Waals surface area (Å²) in [5.74, 6) is 0.831. The Hall–Kier alpha value is -2.68. The zero-order chi connectivity index (χ0) is 13.5. The number of phenols is 1. The van der Waals surface area contributed by atoms with Crippen molar-refractivity contribution in [1.29, 1.82) is 0 Å². The van der Waals surface area contributed by atoms with Crippen LogP contribution < -0.4 is 5.32 Å². The van der Waals surface area contributed by atoms with Crippen molar-refractivity contribution in [1.82, 2.24) is 5.32 Å². The van der Waals surface area contributed by atoms with Crippen LogP contribution in [0.4, 0.5) is 4.79 Å². The van der Waals surface area contributed by atoms with Crippen molar-refractivity contribution in [2.75, 3.05) is 6.61 Å². The molecule has 94 valence electrons. The van der Waals surface area contributed by atoms with Crippen LogP contribution in [-0.4, -0.2) is 28.9 Å². The number of rotatable bonds is 4. The molecule has 0 saturated carbocycles. The Morgan fingerprint density at radius 1 is 1.39 bits per heavy atom. The van der Waals surface area contributed by atoms with Crippen molar-refractivity contribution in [3.8, 4) is 18.1 Å². The Kier molecular flexibility index (Phi) is 4.58. The fraction of sp³-hybridized carbons (Fsp3) is 0.167. The van der Waals surface area contributed by atoms with E-state index < -0.39 is 18.1 Å². The molecule has 0 fully saturated rings. The van der Waals surface area contributed by atoms with E-state index in [1.807, 2.05) is 0 Å². The van der Waals surface area contributed by atoms with Gasteiger partial charge >= 0.3 is 12.1 Å². The van der Waals surface area contributed by atoms with Gasteiger partial charge in [-0.3, -0.25) is 0 Å². The van der Waals surface area contributed by atoms with E-state index in [0.717, 1.165) is 0 Å². The number of carbonyl (C=O) groups excluding carboxylic acids is 1. The average Bonchev–Trinajstić information content (AvgIpc) is 2.34. The molecule has 6 nitrogen and oxygen atoms in total. The van der Waals surface area contributed by atoms with Gasteiger partial charge in [-0.25, -0.2) is 9.59 Å². The summed E-state index contributed by atoms with van der Waals surface area (Å²) in [5, 5.41) is 20.2. The van der Waals surface area contributed by atoms with E-state index in [1.165, 1.54) is 24.3 Å². The maximum Gasteiger partial charge on any atom is 0.409 e. The smallest absolute Gasteiger partial charge is 0.409 e. The molecule has 6 heteroatoms. The van der Waals surface area contributed by atoms with Crippen LogP contribution in [0.1, 0.15) is 11.6 Å². The molecule has 1 amide bonds. The first-order chi connectivity index (χ1) is 8.54. The number of aliphatic carboxylic acids is 1. The summed E-state index contributed by atoms with van der Waals surface area (Å²) < 4.78 is 4.52. The van der Waals surface area contributed by atoms with Gasteiger partial charge in [0, 0.05) is 0 Å². The highest BCUT2D eigenvalue weighted by atomic mass is 16.5. The molecule has 18 heavy (non-hydrogen) atoms. The van der Waals surface area contributed by atoms with Gasteiger partial charge in [-0.05, 0) is 17.7 Å². The first-order valence-electron chi connectivity index (χ1n) is 4.93. The summed E-state index contributed by atoms with van der Waals surface area (Å²) in [6.45, 7) is -0.242. The molecule has 0 aliphatic rings. The Labute approximate surface area is 103 Å². The lowest BCUT2D eigenvalue weighted by Crippen LogP contribution is -2.34. The molecule has 1 atom stereocenters. The number of nitrogens with one attached hydrogen (secondary N) is 1. The van der Waals surface area contributed by atoms with Gasteiger partial charge in [0.25, 0.3) is 0 Å². The summed E-state index contributed by atoms with van der Waals surface area (Å²) in [6.07, 6.45) is 3.97. The monoisotopic (exact) mass is 249 g/mol. The van der Waals surface area contributed by atoms with Crippen molar-refractivity contribution >= 4 is 12.1 Å². The third-order valence-corrected chi connectivity index (χ3v) is 2.02. The molecule has 0 aromatic heterocycles. The van der Waals surface area contributed by atoms with Gasteiger partial charge in [0.05, 0.1) is 0 Å². The fourth-order valence-corrected chi connectivity index (χ4v) is 1.22. The quantitative estimate of drug-likeness (QED) is 0.688. The van der Waals surface area contributed by atoms with Crippen LogP contribution in [0.25, 0.3) is 0 Å². The predicted molar refractivity (Wildman–Crippen MR) is 61.8 cm³/mol. The largest absolute Gasteiger partial charge is 0.508 e. The predicted octanol–water partition coefficient (Wildman–Crippen LogP) is 0.877. The second-order valence-corrected chi connectivity index (χ2v) is 3.29. The number of ether oxygens (including phenoxy) is 1. The second-order valence-electron chi connectivity index (χ2n) is 3.29. The number of carbonyl (C=O) groups is 2. The lowest BCUT2D eigenvalue weighted by Gasteiger charge is -2.14. The van der Waals surface area contributed by atoms with Crippen LogP contribution in [0.5, 0.6) is 5.75 Å². The average molecular weight is 249 g/mol. The summed E-state index contributed by atoms with van der Waals surface area (Å²) >= 11 is 0. The lowest BCUT2D eigenvalue weighted by molar-refractivity contribution is -0.139. The van der Waals surface area contributed by atoms with Gasteiger partial charge in [-0.15, -0.1) is 6.42 Å².